The van der Waals surface area contributed by atoms with E-state index in [2.05, 4.69) is 39.4 Å². The molecule has 0 radical (unpaired) electrons. The number of carbonyl (C=O) groups excluding carboxylic acids is 2. The zero-order valence-electron chi connectivity index (χ0n) is 15.2. The molecule has 2 fully saturated rings. The molecule has 4 rings (SSSR count). The van der Waals surface area contributed by atoms with Crippen molar-refractivity contribution < 1.29 is 9.59 Å². The van der Waals surface area contributed by atoms with Gasteiger partial charge >= 0.3 is 0 Å². The quantitative estimate of drug-likeness (QED) is 0.797. The van der Waals surface area contributed by atoms with Gasteiger partial charge in [0.15, 0.2) is 0 Å². The molecule has 26 heavy (non-hydrogen) atoms. The first kappa shape index (κ1) is 17.6. The molecule has 1 aromatic rings. The van der Waals surface area contributed by atoms with Crippen LogP contribution in [0.4, 0.5) is 0 Å². The molecular weight excluding hydrogens is 328 g/mol. The van der Waals surface area contributed by atoms with Gasteiger partial charge in [-0.15, -0.1) is 0 Å². The van der Waals surface area contributed by atoms with Crippen molar-refractivity contribution in [2.75, 3.05) is 19.6 Å². The second-order valence-corrected chi connectivity index (χ2v) is 7.77. The highest BCUT2D eigenvalue weighted by Gasteiger charge is 2.43. The third-order valence-electron chi connectivity index (χ3n) is 6.18. The summed E-state index contributed by atoms with van der Waals surface area (Å²) in [6.45, 7) is 3.61. The number of nitrogens with zero attached hydrogens (tertiary/aromatic N) is 2. The Balaban J connectivity index is 1.56. The lowest BCUT2D eigenvalue weighted by atomic mass is 9.92. The van der Waals surface area contributed by atoms with Gasteiger partial charge in [0, 0.05) is 26.1 Å². The first-order valence-electron chi connectivity index (χ1n) is 9.78. The number of hydrogen-bond acceptors (Lipinski definition) is 5. The number of amides is 2. The minimum Gasteiger partial charge on any atom is -0.330 e. The standard InChI is InChI=1S/C20H28N4O2/c21-10-7-14-8-11-23(12-9-14)20-16-4-2-1-3-15(16)13-24(20)17-5-6-18(25)22-19(17)26/h1-4,14,17,20H,5-13,21H2,(H,22,25,26). The van der Waals surface area contributed by atoms with Crippen molar-refractivity contribution in [2.24, 2.45) is 11.7 Å². The Morgan fingerprint density at radius 3 is 2.62 bits per heavy atom. The molecule has 3 aliphatic heterocycles. The molecule has 2 amide bonds. The summed E-state index contributed by atoms with van der Waals surface area (Å²) in [6.07, 6.45) is 4.60. The molecule has 2 atom stereocenters. The molecule has 0 bridgehead atoms. The van der Waals surface area contributed by atoms with Crippen molar-refractivity contribution >= 4 is 11.8 Å². The molecule has 2 saturated heterocycles. The van der Waals surface area contributed by atoms with E-state index in [1.807, 2.05) is 0 Å². The van der Waals surface area contributed by atoms with Crippen LogP contribution in [0.3, 0.4) is 0 Å². The molecule has 3 N–H and O–H groups in total. The fourth-order valence-corrected chi connectivity index (χ4v) is 4.80. The molecule has 3 heterocycles. The van der Waals surface area contributed by atoms with Gasteiger partial charge in [-0.3, -0.25) is 24.7 Å². The van der Waals surface area contributed by atoms with Crippen LogP contribution in [-0.4, -0.2) is 47.3 Å². The summed E-state index contributed by atoms with van der Waals surface area (Å²) < 4.78 is 0. The maximum absolute atomic E-state index is 12.5. The number of carbonyl (C=O) groups is 2. The van der Waals surface area contributed by atoms with Crippen LogP contribution in [0.25, 0.3) is 0 Å². The third kappa shape index (κ3) is 3.29. The topological polar surface area (TPSA) is 78.7 Å². The van der Waals surface area contributed by atoms with Crippen LogP contribution in [-0.2, 0) is 16.1 Å². The number of piperidine rings is 2. The lowest BCUT2D eigenvalue weighted by Gasteiger charge is -2.43. The van der Waals surface area contributed by atoms with Gasteiger partial charge in [0.1, 0.15) is 0 Å². The highest BCUT2D eigenvalue weighted by Crippen LogP contribution is 2.40. The number of nitrogens with two attached hydrogens (primary N) is 1. The summed E-state index contributed by atoms with van der Waals surface area (Å²) in [5.41, 5.74) is 8.34. The predicted octanol–water partition coefficient (Wildman–Crippen LogP) is 1.37. The van der Waals surface area contributed by atoms with Crippen LogP contribution in [0.2, 0.25) is 0 Å². The lowest BCUT2D eigenvalue weighted by molar-refractivity contribution is -0.140. The monoisotopic (exact) mass is 356 g/mol. The summed E-state index contributed by atoms with van der Waals surface area (Å²) in [4.78, 5) is 28.9. The van der Waals surface area contributed by atoms with Crippen molar-refractivity contribution in [3.05, 3.63) is 35.4 Å². The van der Waals surface area contributed by atoms with Crippen molar-refractivity contribution in [2.45, 2.75) is 50.9 Å². The number of hydrogen-bond donors (Lipinski definition) is 2. The molecular formula is C20H28N4O2. The van der Waals surface area contributed by atoms with Crippen LogP contribution in [0.15, 0.2) is 24.3 Å². The number of nitrogens with one attached hydrogen (secondary N) is 1. The minimum absolute atomic E-state index is 0.133. The third-order valence-corrected chi connectivity index (χ3v) is 6.18. The Morgan fingerprint density at radius 1 is 1.12 bits per heavy atom. The number of likely N-dealkylation sites (tertiary alicyclic amines) is 1. The van der Waals surface area contributed by atoms with Crippen molar-refractivity contribution in [1.29, 1.82) is 0 Å². The van der Waals surface area contributed by atoms with Crippen molar-refractivity contribution in [3.8, 4) is 0 Å². The average molecular weight is 356 g/mol. The van der Waals surface area contributed by atoms with E-state index in [4.69, 9.17) is 5.73 Å². The first-order valence-corrected chi connectivity index (χ1v) is 9.78. The van der Waals surface area contributed by atoms with Crippen LogP contribution in [0.5, 0.6) is 0 Å². The van der Waals surface area contributed by atoms with Crippen LogP contribution in [0.1, 0.15) is 49.4 Å². The molecule has 2 unspecified atom stereocenters. The van der Waals surface area contributed by atoms with E-state index in [0.29, 0.717) is 12.8 Å². The second kappa shape index (κ2) is 7.47. The fourth-order valence-electron chi connectivity index (χ4n) is 4.80. The smallest absolute Gasteiger partial charge is 0.243 e. The van der Waals surface area contributed by atoms with Gasteiger partial charge in [-0.25, -0.2) is 0 Å². The highest BCUT2D eigenvalue weighted by atomic mass is 16.2. The van der Waals surface area contributed by atoms with E-state index in [-0.39, 0.29) is 24.0 Å². The van der Waals surface area contributed by atoms with Gasteiger partial charge in [0.25, 0.3) is 0 Å². The van der Waals surface area contributed by atoms with Crippen LogP contribution in [0, 0.1) is 5.92 Å². The number of benzene rings is 1. The van der Waals surface area contributed by atoms with E-state index >= 15 is 0 Å². The molecule has 0 saturated carbocycles. The summed E-state index contributed by atoms with van der Waals surface area (Å²) >= 11 is 0. The molecule has 6 nitrogen and oxygen atoms in total. The number of fused-ring (bicyclic) bond motifs is 1. The zero-order valence-corrected chi connectivity index (χ0v) is 15.2. The largest absolute Gasteiger partial charge is 0.330 e. The number of imide groups is 1. The Labute approximate surface area is 154 Å². The normalized spacial score (nSPS) is 28.2. The fraction of sp³-hybridized carbons (Fsp3) is 0.600. The molecule has 140 valence electrons. The number of rotatable bonds is 4. The minimum atomic E-state index is -0.230. The van der Waals surface area contributed by atoms with Gasteiger partial charge in [-0.1, -0.05) is 24.3 Å². The molecule has 0 spiro atoms. The van der Waals surface area contributed by atoms with Crippen molar-refractivity contribution in [3.63, 3.8) is 0 Å². The molecule has 3 aliphatic rings. The average Bonchev–Trinajstić information content (AvgIpc) is 3.02. The van der Waals surface area contributed by atoms with Gasteiger partial charge < -0.3 is 5.73 Å². The molecule has 0 aliphatic carbocycles. The molecule has 6 heteroatoms. The SMILES string of the molecule is NCCC1CCN(C2c3ccccc3CN2C2CCC(=O)NC2=O)CC1. The van der Waals surface area contributed by atoms with Gasteiger partial charge in [0.05, 0.1) is 12.2 Å². The molecule has 1 aromatic carbocycles. The van der Waals surface area contributed by atoms with Crippen LogP contribution < -0.4 is 11.1 Å². The van der Waals surface area contributed by atoms with E-state index in [1.54, 1.807) is 0 Å². The predicted molar refractivity (Wildman–Crippen MR) is 98.9 cm³/mol. The first-order chi connectivity index (χ1) is 12.7. The Kier molecular flexibility index (Phi) is 5.07. The molecule has 0 aromatic heterocycles. The summed E-state index contributed by atoms with van der Waals surface area (Å²) in [5, 5.41) is 2.53. The second-order valence-electron chi connectivity index (χ2n) is 7.77. The van der Waals surface area contributed by atoms with Gasteiger partial charge in [-0.2, -0.15) is 0 Å². The van der Waals surface area contributed by atoms with E-state index in [1.165, 1.54) is 24.0 Å². The Bertz CT molecular complexity index is 684. The van der Waals surface area contributed by atoms with Gasteiger partial charge in [-0.05, 0) is 49.3 Å². The summed E-state index contributed by atoms with van der Waals surface area (Å²) in [5.74, 6) is 0.427. The maximum Gasteiger partial charge on any atom is 0.243 e. The van der Waals surface area contributed by atoms with Gasteiger partial charge in [0.2, 0.25) is 11.8 Å². The van der Waals surface area contributed by atoms with E-state index in [9.17, 15) is 9.59 Å². The van der Waals surface area contributed by atoms with E-state index < -0.39 is 0 Å². The lowest BCUT2D eigenvalue weighted by Crippen LogP contribution is -2.54. The van der Waals surface area contributed by atoms with Crippen molar-refractivity contribution in [1.82, 2.24) is 15.1 Å². The summed E-state index contributed by atoms with van der Waals surface area (Å²) in [7, 11) is 0. The van der Waals surface area contributed by atoms with E-state index in [0.717, 1.165) is 38.5 Å². The zero-order chi connectivity index (χ0) is 18.1. The maximum atomic E-state index is 12.5. The van der Waals surface area contributed by atoms with Crippen LogP contribution >= 0.6 is 0 Å². The Morgan fingerprint density at radius 2 is 1.88 bits per heavy atom. The summed E-state index contributed by atoms with van der Waals surface area (Å²) in [6, 6.07) is 8.28. The highest BCUT2D eigenvalue weighted by molar-refractivity contribution is 6.00. The Hall–Kier alpha value is -1.76.